The van der Waals surface area contributed by atoms with E-state index in [1.165, 1.54) is 6.07 Å². The molecule has 0 fully saturated rings. The first kappa shape index (κ1) is 9.00. The lowest BCUT2D eigenvalue weighted by atomic mass is 10.1. The summed E-state index contributed by atoms with van der Waals surface area (Å²) in [6.45, 7) is 1.64. The lowest BCUT2D eigenvalue weighted by Crippen LogP contribution is -1.93. The van der Waals surface area contributed by atoms with E-state index >= 15 is 0 Å². The van der Waals surface area contributed by atoms with Crippen LogP contribution in [0, 0.1) is 12.7 Å². The molecule has 0 spiro atoms. The summed E-state index contributed by atoms with van der Waals surface area (Å²) < 4.78 is 12.9. The highest BCUT2D eigenvalue weighted by atomic mass is 35.5. The molecular weight excluding hydrogens is 181 g/mol. The van der Waals surface area contributed by atoms with Gasteiger partial charge in [-0.2, -0.15) is 0 Å². The van der Waals surface area contributed by atoms with E-state index in [-0.39, 0.29) is 11.0 Å². The summed E-state index contributed by atoms with van der Waals surface area (Å²) in [6.07, 6.45) is 0. The SMILES string of the molecule is Cc1ccc(C(Cl)=NO)cc1F. The monoisotopic (exact) mass is 187 g/mol. The van der Waals surface area contributed by atoms with Crippen molar-refractivity contribution in [3.8, 4) is 0 Å². The smallest absolute Gasteiger partial charge is 0.175 e. The third kappa shape index (κ3) is 1.74. The molecular formula is C8H7ClFNO. The molecule has 0 heterocycles. The summed E-state index contributed by atoms with van der Waals surface area (Å²) in [7, 11) is 0. The molecule has 1 rings (SSSR count). The molecule has 0 unspecified atom stereocenters. The summed E-state index contributed by atoms with van der Waals surface area (Å²) in [5.41, 5.74) is 0.892. The van der Waals surface area contributed by atoms with E-state index in [1.54, 1.807) is 19.1 Å². The molecule has 0 saturated carbocycles. The lowest BCUT2D eigenvalue weighted by Gasteiger charge is -1.98. The zero-order valence-electron chi connectivity index (χ0n) is 6.38. The van der Waals surface area contributed by atoms with Gasteiger partial charge in [0.05, 0.1) is 0 Å². The maximum absolute atomic E-state index is 12.9. The molecule has 2 nitrogen and oxygen atoms in total. The Morgan fingerprint density at radius 1 is 1.58 bits per heavy atom. The van der Waals surface area contributed by atoms with E-state index in [9.17, 15) is 4.39 Å². The van der Waals surface area contributed by atoms with Crippen LogP contribution < -0.4 is 0 Å². The fourth-order valence-corrected chi connectivity index (χ4v) is 0.896. The Morgan fingerprint density at radius 2 is 2.25 bits per heavy atom. The van der Waals surface area contributed by atoms with Crippen LogP contribution in [0.3, 0.4) is 0 Å². The third-order valence-corrected chi connectivity index (χ3v) is 1.79. The van der Waals surface area contributed by atoms with Crippen molar-refractivity contribution in [1.82, 2.24) is 0 Å². The maximum Gasteiger partial charge on any atom is 0.175 e. The fourth-order valence-electron chi connectivity index (χ4n) is 0.779. The van der Waals surface area contributed by atoms with Crippen molar-refractivity contribution in [3.63, 3.8) is 0 Å². The van der Waals surface area contributed by atoms with E-state index in [2.05, 4.69) is 5.16 Å². The zero-order chi connectivity index (χ0) is 9.14. The predicted octanol–water partition coefficient (Wildman–Crippen LogP) is 2.51. The van der Waals surface area contributed by atoms with Gasteiger partial charge in [-0.25, -0.2) is 4.39 Å². The number of hydrogen-bond donors (Lipinski definition) is 1. The van der Waals surface area contributed by atoms with Gasteiger partial charge in [-0.1, -0.05) is 28.9 Å². The topological polar surface area (TPSA) is 32.6 Å². The summed E-state index contributed by atoms with van der Waals surface area (Å²) in [6, 6.07) is 4.37. The second kappa shape index (κ2) is 3.54. The van der Waals surface area contributed by atoms with Gasteiger partial charge in [-0.15, -0.1) is 0 Å². The second-order valence-electron chi connectivity index (χ2n) is 2.35. The summed E-state index contributed by atoms with van der Waals surface area (Å²) in [4.78, 5) is 0. The lowest BCUT2D eigenvalue weighted by molar-refractivity contribution is 0.321. The Kier molecular flexibility index (Phi) is 2.65. The first-order valence-electron chi connectivity index (χ1n) is 3.29. The summed E-state index contributed by atoms with van der Waals surface area (Å²) in [5, 5.41) is 10.9. The van der Waals surface area contributed by atoms with Crippen LogP contribution in [0.2, 0.25) is 0 Å². The molecule has 0 amide bonds. The van der Waals surface area contributed by atoms with Crippen molar-refractivity contribution in [2.24, 2.45) is 5.16 Å². The van der Waals surface area contributed by atoms with E-state index in [0.717, 1.165) is 0 Å². The van der Waals surface area contributed by atoms with Gasteiger partial charge in [-0.3, -0.25) is 0 Å². The molecule has 0 saturated heterocycles. The van der Waals surface area contributed by atoms with Crippen LogP contribution in [0.15, 0.2) is 23.4 Å². The van der Waals surface area contributed by atoms with Crippen molar-refractivity contribution in [2.45, 2.75) is 6.92 Å². The number of aryl methyl sites for hydroxylation is 1. The molecule has 0 aliphatic carbocycles. The average Bonchev–Trinajstić information content (AvgIpc) is 2.08. The van der Waals surface area contributed by atoms with Gasteiger partial charge in [0.15, 0.2) is 5.17 Å². The van der Waals surface area contributed by atoms with E-state index in [0.29, 0.717) is 11.1 Å². The molecule has 0 radical (unpaired) electrons. The minimum Gasteiger partial charge on any atom is -0.410 e. The van der Waals surface area contributed by atoms with Crippen LogP contribution in [-0.2, 0) is 0 Å². The number of oxime groups is 1. The van der Waals surface area contributed by atoms with Crippen LogP contribution in [-0.4, -0.2) is 10.4 Å². The Morgan fingerprint density at radius 3 is 2.75 bits per heavy atom. The standard InChI is InChI=1S/C8H7ClFNO/c1-5-2-3-6(4-7(5)10)8(9)11-12/h2-4,12H,1H3. The minimum absolute atomic E-state index is 0.117. The highest BCUT2D eigenvalue weighted by Gasteiger charge is 2.03. The van der Waals surface area contributed by atoms with Crippen molar-refractivity contribution in [2.75, 3.05) is 0 Å². The number of nitrogens with zero attached hydrogens (tertiary/aromatic N) is 1. The van der Waals surface area contributed by atoms with Gasteiger partial charge in [0, 0.05) is 5.56 Å². The fraction of sp³-hybridized carbons (Fsp3) is 0.125. The van der Waals surface area contributed by atoms with Crippen molar-refractivity contribution < 1.29 is 9.60 Å². The molecule has 0 aliphatic heterocycles. The molecule has 0 bridgehead atoms. The molecule has 1 N–H and O–H groups in total. The second-order valence-corrected chi connectivity index (χ2v) is 2.71. The van der Waals surface area contributed by atoms with Crippen LogP contribution in [0.1, 0.15) is 11.1 Å². The highest BCUT2D eigenvalue weighted by molar-refractivity contribution is 6.69. The highest BCUT2D eigenvalue weighted by Crippen LogP contribution is 2.11. The number of rotatable bonds is 1. The molecule has 1 aromatic rings. The van der Waals surface area contributed by atoms with E-state index < -0.39 is 0 Å². The number of halogens is 2. The van der Waals surface area contributed by atoms with Gasteiger partial charge in [0.2, 0.25) is 0 Å². The van der Waals surface area contributed by atoms with E-state index in [4.69, 9.17) is 16.8 Å². The molecule has 4 heteroatoms. The van der Waals surface area contributed by atoms with Crippen LogP contribution in [0.25, 0.3) is 0 Å². The molecule has 0 aromatic heterocycles. The van der Waals surface area contributed by atoms with Crippen LogP contribution in [0.5, 0.6) is 0 Å². The molecule has 1 aromatic carbocycles. The Balaban J connectivity index is 3.13. The average molecular weight is 188 g/mol. The van der Waals surface area contributed by atoms with E-state index in [1.807, 2.05) is 0 Å². The quantitative estimate of drug-likeness (QED) is 0.409. The Bertz CT molecular complexity index is 325. The predicted molar refractivity (Wildman–Crippen MR) is 45.3 cm³/mol. The van der Waals surface area contributed by atoms with Crippen LogP contribution >= 0.6 is 11.6 Å². The van der Waals surface area contributed by atoms with Gasteiger partial charge >= 0.3 is 0 Å². The first-order valence-corrected chi connectivity index (χ1v) is 3.67. The number of hydrogen-bond acceptors (Lipinski definition) is 2. The largest absolute Gasteiger partial charge is 0.410 e. The normalized spacial score (nSPS) is 11.8. The molecule has 0 aliphatic rings. The number of benzene rings is 1. The first-order chi connectivity index (χ1) is 5.65. The zero-order valence-corrected chi connectivity index (χ0v) is 7.14. The Labute approximate surface area is 74.3 Å². The maximum atomic E-state index is 12.9. The summed E-state index contributed by atoms with van der Waals surface area (Å²) >= 11 is 5.45. The van der Waals surface area contributed by atoms with Gasteiger partial charge in [-0.05, 0) is 18.6 Å². The summed E-state index contributed by atoms with van der Waals surface area (Å²) in [5.74, 6) is -0.366. The van der Waals surface area contributed by atoms with Crippen molar-refractivity contribution in [3.05, 3.63) is 35.1 Å². The Hall–Kier alpha value is -1.09. The van der Waals surface area contributed by atoms with Gasteiger partial charge in [0.1, 0.15) is 5.82 Å². The van der Waals surface area contributed by atoms with Crippen molar-refractivity contribution >= 4 is 16.8 Å². The van der Waals surface area contributed by atoms with Gasteiger partial charge < -0.3 is 5.21 Å². The molecule has 0 atom stereocenters. The molecule has 12 heavy (non-hydrogen) atoms. The molecule has 64 valence electrons. The third-order valence-electron chi connectivity index (χ3n) is 1.50. The van der Waals surface area contributed by atoms with Crippen LogP contribution in [0.4, 0.5) is 4.39 Å². The minimum atomic E-state index is -0.366. The van der Waals surface area contributed by atoms with Crippen molar-refractivity contribution in [1.29, 1.82) is 0 Å². The van der Waals surface area contributed by atoms with Gasteiger partial charge in [0.25, 0.3) is 0 Å².